The lowest BCUT2D eigenvalue weighted by atomic mass is 9.84. The Kier molecular flexibility index (Phi) is 4.23. The Labute approximate surface area is 111 Å². The standard InChI is InChI=1S/C15H25N3/c1-4-16-14-13(7-5-9-17-14)11-18-10-6-8-15(2,3)12-18/h5,7,9H,4,6,8,10-12H2,1-3H3,(H,16,17). The number of hydrogen-bond acceptors (Lipinski definition) is 3. The Morgan fingerprint density at radius 3 is 3.00 bits per heavy atom. The molecule has 1 fully saturated rings. The van der Waals surface area contributed by atoms with Crippen LogP contribution in [0.5, 0.6) is 0 Å². The monoisotopic (exact) mass is 247 g/mol. The number of hydrogen-bond donors (Lipinski definition) is 1. The predicted molar refractivity (Wildman–Crippen MR) is 76.7 cm³/mol. The SMILES string of the molecule is CCNc1ncccc1CN1CCCC(C)(C)C1. The quantitative estimate of drug-likeness (QED) is 0.886. The second-order valence-corrected chi connectivity index (χ2v) is 6.02. The molecule has 1 aromatic heterocycles. The molecule has 0 unspecified atom stereocenters. The zero-order valence-corrected chi connectivity index (χ0v) is 11.9. The Balaban J connectivity index is 2.04. The van der Waals surface area contributed by atoms with Crippen molar-refractivity contribution in [3.05, 3.63) is 23.9 Å². The highest BCUT2D eigenvalue weighted by molar-refractivity contribution is 5.43. The molecule has 0 amide bonds. The molecule has 100 valence electrons. The van der Waals surface area contributed by atoms with Crippen molar-refractivity contribution in [1.29, 1.82) is 0 Å². The fraction of sp³-hybridized carbons (Fsp3) is 0.667. The first-order valence-corrected chi connectivity index (χ1v) is 7.01. The van der Waals surface area contributed by atoms with E-state index >= 15 is 0 Å². The maximum Gasteiger partial charge on any atom is 0.130 e. The molecule has 1 aliphatic rings. The summed E-state index contributed by atoms with van der Waals surface area (Å²) in [7, 11) is 0. The first-order valence-electron chi connectivity index (χ1n) is 7.01. The van der Waals surface area contributed by atoms with Crippen molar-refractivity contribution < 1.29 is 0 Å². The minimum Gasteiger partial charge on any atom is -0.370 e. The zero-order chi connectivity index (χ0) is 13.0. The van der Waals surface area contributed by atoms with Crippen LogP contribution >= 0.6 is 0 Å². The van der Waals surface area contributed by atoms with Gasteiger partial charge < -0.3 is 5.32 Å². The van der Waals surface area contributed by atoms with Crippen LogP contribution in [-0.2, 0) is 6.54 Å². The second kappa shape index (κ2) is 5.70. The highest BCUT2D eigenvalue weighted by Crippen LogP contribution is 2.29. The van der Waals surface area contributed by atoms with Crippen LogP contribution in [0.2, 0.25) is 0 Å². The van der Waals surface area contributed by atoms with Gasteiger partial charge in [0.25, 0.3) is 0 Å². The van der Waals surface area contributed by atoms with E-state index in [1.807, 2.05) is 12.3 Å². The lowest BCUT2D eigenvalue weighted by Crippen LogP contribution is -2.39. The van der Waals surface area contributed by atoms with Crippen molar-refractivity contribution in [3.8, 4) is 0 Å². The molecule has 1 N–H and O–H groups in total. The molecule has 0 atom stereocenters. The number of anilines is 1. The van der Waals surface area contributed by atoms with E-state index in [1.165, 1.54) is 31.5 Å². The van der Waals surface area contributed by atoms with E-state index in [0.717, 1.165) is 18.9 Å². The third-order valence-corrected chi connectivity index (χ3v) is 3.61. The summed E-state index contributed by atoms with van der Waals surface area (Å²) in [6, 6.07) is 4.22. The summed E-state index contributed by atoms with van der Waals surface area (Å²) in [5, 5.41) is 3.35. The summed E-state index contributed by atoms with van der Waals surface area (Å²) in [6.07, 6.45) is 4.52. The molecule has 1 aliphatic heterocycles. The average Bonchev–Trinajstić information content (AvgIpc) is 2.31. The van der Waals surface area contributed by atoms with Crippen LogP contribution in [0.3, 0.4) is 0 Å². The number of pyridine rings is 1. The number of rotatable bonds is 4. The third kappa shape index (κ3) is 3.45. The van der Waals surface area contributed by atoms with Crippen LogP contribution in [0.4, 0.5) is 5.82 Å². The van der Waals surface area contributed by atoms with Crippen LogP contribution in [0.1, 0.15) is 39.2 Å². The minimum atomic E-state index is 0.457. The number of likely N-dealkylation sites (tertiary alicyclic amines) is 1. The van der Waals surface area contributed by atoms with Gasteiger partial charge in [-0.15, -0.1) is 0 Å². The van der Waals surface area contributed by atoms with Gasteiger partial charge in [-0.3, -0.25) is 4.90 Å². The maximum atomic E-state index is 4.43. The van der Waals surface area contributed by atoms with Gasteiger partial charge in [0.05, 0.1) is 0 Å². The summed E-state index contributed by atoms with van der Waals surface area (Å²) in [5.41, 5.74) is 1.77. The van der Waals surface area contributed by atoms with Crippen LogP contribution < -0.4 is 5.32 Å². The van der Waals surface area contributed by atoms with Crippen LogP contribution in [0, 0.1) is 5.41 Å². The van der Waals surface area contributed by atoms with E-state index in [2.05, 4.69) is 42.0 Å². The molecule has 0 aromatic carbocycles. The fourth-order valence-electron chi connectivity index (χ4n) is 2.81. The van der Waals surface area contributed by atoms with Crippen molar-refractivity contribution >= 4 is 5.82 Å². The number of nitrogens with one attached hydrogen (secondary N) is 1. The molecule has 0 bridgehead atoms. The topological polar surface area (TPSA) is 28.2 Å². The Morgan fingerprint density at radius 1 is 1.44 bits per heavy atom. The smallest absolute Gasteiger partial charge is 0.130 e. The summed E-state index contributed by atoms with van der Waals surface area (Å²) in [4.78, 5) is 6.99. The van der Waals surface area contributed by atoms with Crippen LogP contribution in [0.15, 0.2) is 18.3 Å². The van der Waals surface area contributed by atoms with Crippen LogP contribution in [0.25, 0.3) is 0 Å². The molecule has 0 spiro atoms. The lowest BCUT2D eigenvalue weighted by molar-refractivity contribution is 0.112. The summed E-state index contributed by atoms with van der Waals surface area (Å²) >= 11 is 0. The van der Waals surface area contributed by atoms with Crippen molar-refractivity contribution in [2.75, 3.05) is 25.0 Å². The van der Waals surface area contributed by atoms with Gasteiger partial charge in [0, 0.05) is 31.4 Å². The van der Waals surface area contributed by atoms with Crippen LogP contribution in [-0.4, -0.2) is 29.5 Å². The Bertz CT molecular complexity index is 387. The first-order chi connectivity index (χ1) is 8.61. The molecule has 2 rings (SSSR count). The van der Waals surface area contributed by atoms with E-state index in [9.17, 15) is 0 Å². The summed E-state index contributed by atoms with van der Waals surface area (Å²) < 4.78 is 0. The number of nitrogens with zero attached hydrogens (tertiary/aromatic N) is 2. The van der Waals surface area contributed by atoms with Crippen molar-refractivity contribution in [1.82, 2.24) is 9.88 Å². The highest BCUT2D eigenvalue weighted by atomic mass is 15.1. The van der Waals surface area contributed by atoms with Gasteiger partial charge in [-0.2, -0.15) is 0 Å². The Morgan fingerprint density at radius 2 is 2.28 bits per heavy atom. The maximum absolute atomic E-state index is 4.43. The number of piperidine rings is 1. The van der Waals surface area contributed by atoms with Gasteiger partial charge in [-0.1, -0.05) is 19.9 Å². The molecular formula is C15H25N3. The molecule has 0 aliphatic carbocycles. The zero-order valence-electron chi connectivity index (χ0n) is 11.9. The van der Waals surface area contributed by atoms with E-state index < -0.39 is 0 Å². The average molecular weight is 247 g/mol. The van der Waals surface area contributed by atoms with Gasteiger partial charge in [-0.25, -0.2) is 4.98 Å². The molecular weight excluding hydrogens is 222 g/mol. The summed E-state index contributed by atoms with van der Waals surface area (Å²) in [6.45, 7) is 11.2. The molecule has 18 heavy (non-hydrogen) atoms. The summed E-state index contributed by atoms with van der Waals surface area (Å²) in [5.74, 6) is 1.04. The number of aromatic nitrogens is 1. The largest absolute Gasteiger partial charge is 0.370 e. The molecule has 2 heterocycles. The third-order valence-electron chi connectivity index (χ3n) is 3.61. The predicted octanol–water partition coefficient (Wildman–Crippen LogP) is 3.14. The molecule has 3 heteroatoms. The first kappa shape index (κ1) is 13.3. The van der Waals surface area contributed by atoms with E-state index in [1.54, 1.807) is 0 Å². The van der Waals surface area contributed by atoms with Gasteiger partial charge in [0.2, 0.25) is 0 Å². The minimum absolute atomic E-state index is 0.457. The van der Waals surface area contributed by atoms with Gasteiger partial charge in [0.1, 0.15) is 5.82 Å². The van der Waals surface area contributed by atoms with Crippen molar-refractivity contribution in [2.45, 2.75) is 40.2 Å². The fourth-order valence-corrected chi connectivity index (χ4v) is 2.81. The van der Waals surface area contributed by atoms with Gasteiger partial charge in [-0.05, 0) is 37.8 Å². The van der Waals surface area contributed by atoms with Gasteiger partial charge >= 0.3 is 0 Å². The normalized spacial score (nSPS) is 19.7. The molecule has 1 saturated heterocycles. The van der Waals surface area contributed by atoms with E-state index in [0.29, 0.717) is 5.41 Å². The molecule has 1 aromatic rings. The van der Waals surface area contributed by atoms with Crippen molar-refractivity contribution in [3.63, 3.8) is 0 Å². The highest BCUT2D eigenvalue weighted by Gasteiger charge is 2.26. The van der Waals surface area contributed by atoms with E-state index in [4.69, 9.17) is 0 Å². The molecule has 0 saturated carbocycles. The second-order valence-electron chi connectivity index (χ2n) is 6.02. The van der Waals surface area contributed by atoms with Gasteiger partial charge in [0.15, 0.2) is 0 Å². The molecule has 0 radical (unpaired) electrons. The lowest BCUT2D eigenvalue weighted by Gasteiger charge is -2.38. The van der Waals surface area contributed by atoms with E-state index in [-0.39, 0.29) is 0 Å². The van der Waals surface area contributed by atoms with Crippen molar-refractivity contribution in [2.24, 2.45) is 5.41 Å². The molecule has 3 nitrogen and oxygen atoms in total. The Hall–Kier alpha value is -1.09.